The lowest BCUT2D eigenvalue weighted by atomic mass is 10.4. The Kier molecular flexibility index (Phi) is 3.07. The molecule has 0 atom stereocenters. The number of aromatic nitrogens is 4. The first-order chi connectivity index (χ1) is 8.95. The van der Waals surface area contributed by atoms with Crippen molar-refractivity contribution in [3.05, 3.63) is 32.7 Å². The van der Waals surface area contributed by atoms with E-state index in [2.05, 4.69) is 14.7 Å². The summed E-state index contributed by atoms with van der Waals surface area (Å²) >= 11 is 0. The van der Waals surface area contributed by atoms with Crippen LogP contribution < -0.4 is 11.2 Å². The van der Waals surface area contributed by atoms with Crippen LogP contribution in [0.4, 0.5) is 0 Å². The van der Waals surface area contributed by atoms with E-state index >= 15 is 0 Å². The summed E-state index contributed by atoms with van der Waals surface area (Å²) in [6, 6.07) is 0. The van der Waals surface area contributed by atoms with Crippen molar-refractivity contribution < 1.29 is 9.53 Å². The number of methoxy groups -OCH3 is 1. The standard InChI is InChI=1S/C11H12N4O4/c1-14-6(4-5-7(16)19-3)12-9-8(14)10(17)15(2)11(18)13-9/h4-5H,1-3H3,(H,13,18)/b5-4+. The van der Waals surface area contributed by atoms with Gasteiger partial charge in [0.25, 0.3) is 5.56 Å². The molecule has 100 valence electrons. The van der Waals surface area contributed by atoms with Gasteiger partial charge in [0.15, 0.2) is 11.2 Å². The van der Waals surface area contributed by atoms with Crippen LogP contribution >= 0.6 is 0 Å². The Hall–Kier alpha value is -2.64. The Morgan fingerprint density at radius 1 is 1.32 bits per heavy atom. The normalized spacial score (nSPS) is 11.3. The number of fused-ring (bicyclic) bond motifs is 1. The maximum atomic E-state index is 11.9. The minimum absolute atomic E-state index is 0.181. The number of ether oxygens (including phenoxy) is 1. The van der Waals surface area contributed by atoms with Gasteiger partial charge in [0, 0.05) is 20.2 Å². The molecular weight excluding hydrogens is 252 g/mol. The summed E-state index contributed by atoms with van der Waals surface area (Å²) in [5, 5.41) is 0. The van der Waals surface area contributed by atoms with E-state index in [1.165, 1.54) is 30.9 Å². The van der Waals surface area contributed by atoms with Crippen LogP contribution in [0.25, 0.3) is 17.2 Å². The van der Waals surface area contributed by atoms with Crippen molar-refractivity contribution in [3.63, 3.8) is 0 Å². The molecule has 0 fully saturated rings. The van der Waals surface area contributed by atoms with Crippen LogP contribution in [0.2, 0.25) is 0 Å². The molecule has 1 N–H and O–H groups in total. The highest BCUT2D eigenvalue weighted by Gasteiger charge is 2.12. The summed E-state index contributed by atoms with van der Waals surface area (Å²) in [4.78, 5) is 41.0. The molecule has 2 aromatic heterocycles. The molecule has 0 saturated carbocycles. The summed E-state index contributed by atoms with van der Waals surface area (Å²) in [6.45, 7) is 0. The average Bonchev–Trinajstić information content (AvgIpc) is 2.69. The van der Waals surface area contributed by atoms with E-state index in [4.69, 9.17) is 0 Å². The van der Waals surface area contributed by atoms with E-state index in [1.807, 2.05) is 0 Å². The molecule has 0 saturated heterocycles. The number of esters is 1. The summed E-state index contributed by atoms with van der Waals surface area (Å²) < 4.78 is 6.91. The van der Waals surface area contributed by atoms with Gasteiger partial charge in [-0.3, -0.25) is 14.3 Å². The fraction of sp³-hybridized carbons (Fsp3) is 0.273. The van der Waals surface area contributed by atoms with E-state index in [9.17, 15) is 14.4 Å². The fourth-order valence-electron chi connectivity index (χ4n) is 1.64. The Balaban J connectivity index is 2.68. The number of nitrogens with one attached hydrogen (secondary N) is 1. The van der Waals surface area contributed by atoms with Gasteiger partial charge in [0.05, 0.1) is 7.11 Å². The van der Waals surface area contributed by atoms with E-state index in [-0.39, 0.29) is 11.2 Å². The third kappa shape index (κ3) is 2.07. The Morgan fingerprint density at radius 2 is 2.00 bits per heavy atom. The minimum Gasteiger partial charge on any atom is -0.466 e. The maximum absolute atomic E-state index is 11.9. The van der Waals surface area contributed by atoms with Gasteiger partial charge in [-0.25, -0.2) is 14.6 Å². The molecule has 0 aliphatic heterocycles. The zero-order valence-electron chi connectivity index (χ0n) is 10.6. The van der Waals surface area contributed by atoms with Crippen molar-refractivity contribution in [2.45, 2.75) is 0 Å². The quantitative estimate of drug-likeness (QED) is 0.562. The molecule has 0 amide bonds. The smallest absolute Gasteiger partial charge is 0.330 e. The first-order valence-electron chi connectivity index (χ1n) is 5.37. The van der Waals surface area contributed by atoms with Crippen molar-refractivity contribution >= 4 is 23.2 Å². The van der Waals surface area contributed by atoms with Gasteiger partial charge in [0.1, 0.15) is 5.82 Å². The predicted molar refractivity (Wildman–Crippen MR) is 67.6 cm³/mol. The third-order valence-corrected chi connectivity index (χ3v) is 2.74. The number of hydrogen-bond donors (Lipinski definition) is 1. The second-order valence-corrected chi connectivity index (χ2v) is 3.88. The molecule has 0 aromatic carbocycles. The second kappa shape index (κ2) is 4.56. The van der Waals surface area contributed by atoms with E-state index in [0.29, 0.717) is 5.82 Å². The van der Waals surface area contributed by atoms with Gasteiger partial charge in [-0.1, -0.05) is 0 Å². The molecule has 0 radical (unpaired) electrons. The topological polar surface area (TPSA) is 99.0 Å². The first-order valence-corrected chi connectivity index (χ1v) is 5.37. The van der Waals surface area contributed by atoms with Gasteiger partial charge in [0.2, 0.25) is 0 Å². The SMILES string of the molecule is COC(=O)/C=C/c1nc2[nH]c(=O)n(C)c(=O)c2n1C. The van der Waals surface area contributed by atoms with Crippen molar-refractivity contribution in [3.8, 4) is 0 Å². The molecule has 0 unspecified atom stereocenters. The van der Waals surface area contributed by atoms with E-state index in [0.717, 1.165) is 4.57 Å². The number of carbonyl (C=O) groups is 1. The zero-order chi connectivity index (χ0) is 14.2. The lowest BCUT2D eigenvalue weighted by molar-refractivity contribution is -0.134. The summed E-state index contributed by atoms with van der Waals surface area (Å²) in [5.41, 5.74) is -0.558. The monoisotopic (exact) mass is 264 g/mol. The lowest BCUT2D eigenvalue weighted by Gasteiger charge is -1.98. The van der Waals surface area contributed by atoms with Crippen LogP contribution in [-0.4, -0.2) is 32.2 Å². The molecule has 0 aliphatic rings. The summed E-state index contributed by atoms with van der Waals surface area (Å²) in [6.07, 6.45) is 2.59. The zero-order valence-corrected chi connectivity index (χ0v) is 10.6. The molecule has 2 rings (SSSR count). The Labute approximate surface area is 106 Å². The molecule has 2 aromatic rings. The van der Waals surface area contributed by atoms with Crippen LogP contribution in [0, 0.1) is 0 Å². The van der Waals surface area contributed by atoms with Crippen LogP contribution in [0.3, 0.4) is 0 Å². The molecule has 0 aliphatic carbocycles. The Bertz CT molecular complexity index is 793. The van der Waals surface area contributed by atoms with E-state index in [1.54, 1.807) is 7.05 Å². The number of hydrogen-bond acceptors (Lipinski definition) is 5. The predicted octanol–water partition coefficient (Wildman–Crippen LogP) is -0.854. The summed E-state index contributed by atoms with van der Waals surface area (Å²) in [7, 11) is 4.25. The van der Waals surface area contributed by atoms with Crippen LogP contribution in [0.15, 0.2) is 15.7 Å². The number of rotatable bonds is 2. The molecule has 0 spiro atoms. The Morgan fingerprint density at radius 3 is 2.63 bits per heavy atom. The number of aryl methyl sites for hydroxylation is 1. The van der Waals surface area contributed by atoms with Crippen LogP contribution in [0.1, 0.15) is 5.82 Å². The van der Waals surface area contributed by atoms with Crippen molar-refractivity contribution in [2.75, 3.05) is 7.11 Å². The molecule has 8 nitrogen and oxygen atoms in total. The highest BCUT2D eigenvalue weighted by molar-refractivity contribution is 5.87. The highest BCUT2D eigenvalue weighted by Crippen LogP contribution is 2.08. The number of imidazole rings is 1. The first kappa shape index (κ1) is 12.8. The minimum atomic E-state index is -0.543. The molecule has 8 heteroatoms. The maximum Gasteiger partial charge on any atom is 0.330 e. The molecule has 19 heavy (non-hydrogen) atoms. The van der Waals surface area contributed by atoms with Gasteiger partial charge in [-0.2, -0.15) is 0 Å². The van der Waals surface area contributed by atoms with Gasteiger partial charge >= 0.3 is 11.7 Å². The van der Waals surface area contributed by atoms with Gasteiger partial charge in [-0.05, 0) is 6.08 Å². The average molecular weight is 264 g/mol. The van der Waals surface area contributed by atoms with Crippen LogP contribution in [-0.2, 0) is 23.6 Å². The molecular formula is C11H12N4O4. The number of carbonyl (C=O) groups excluding carboxylic acids is 1. The van der Waals surface area contributed by atoms with Gasteiger partial charge < -0.3 is 9.30 Å². The van der Waals surface area contributed by atoms with Crippen molar-refractivity contribution in [1.29, 1.82) is 0 Å². The van der Waals surface area contributed by atoms with Gasteiger partial charge in [-0.15, -0.1) is 0 Å². The lowest BCUT2D eigenvalue weighted by Crippen LogP contribution is -2.33. The molecule has 0 bridgehead atoms. The van der Waals surface area contributed by atoms with Crippen LogP contribution in [0.5, 0.6) is 0 Å². The number of nitrogens with zero attached hydrogens (tertiary/aromatic N) is 3. The number of aromatic amines is 1. The largest absolute Gasteiger partial charge is 0.466 e. The van der Waals surface area contributed by atoms with Crippen molar-refractivity contribution in [2.24, 2.45) is 14.1 Å². The number of H-pyrrole nitrogens is 1. The third-order valence-electron chi connectivity index (χ3n) is 2.74. The summed E-state index contributed by atoms with van der Waals surface area (Å²) in [5.74, 6) is -0.173. The van der Waals surface area contributed by atoms with E-state index < -0.39 is 17.2 Å². The fourth-order valence-corrected chi connectivity index (χ4v) is 1.64. The molecule has 2 heterocycles. The highest BCUT2D eigenvalue weighted by atomic mass is 16.5. The second-order valence-electron chi connectivity index (χ2n) is 3.88. The van der Waals surface area contributed by atoms with Crippen molar-refractivity contribution in [1.82, 2.24) is 19.1 Å².